The lowest BCUT2D eigenvalue weighted by atomic mass is 10.2. The van der Waals surface area contributed by atoms with Crippen molar-refractivity contribution >= 4 is 44.0 Å². The summed E-state index contributed by atoms with van der Waals surface area (Å²) in [6.07, 6.45) is 1.37. The molecule has 1 fully saturated rings. The smallest absolute Gasteiger partial charge is 0.348 e. The van der Waals surface area contributed by atoms with E-state index in [1.165, 1.54) is 17.7 Å². The quantitative estimate of drug-likeness (QED) is 0.516. The third kappa shape index (κ3) is 3.60. The molecule has 146 valence electrons. The third-order valence-electron chi connectivity index (χ3n) is 4.87. The van der Waals surface area contributed by atoms with Gasteiger partial charge in [0.15, 0.2) is 5.13 Å². The number of nitrogens with zero attached hydrogens (tertiary/aromatic N) is 6. The number of piperazine rings is 1. The highest BCUT2D eigenvalue weighted by Gasteiger charge is 2.29. The van der Waals surface area contributed by atoms with Gasteiger partial charge in [-0.1, -0.05) is 24.3 Å². The van der Waals surface area contributed by atoms with E-state index in [4.69, 9.17) is 0 Å². The molecule has 4 rings (SSSR count). The van der Waals surface area contributed by atoms with Crippen molar-refractivity contribution in [2.75, 3.05) is 42.9 Å². The van der Waals surface area contributed by atoms with Gasteiger partial charge in [-0.05, 0) is 31.2 Å². The minimum absolute atomic E-state index is 0.108. The molecule has 10 heteroatoms. The number of hydrogen-bond acceptors (Lipinski definition) is 9. The molecule has 28 heavy (non-hydrogen) atoms. The molecule has 1 aromatic carbocycles. The first-order chi connectivity index (χ1) is 13.5. The normalized spacial score (nSPS) is 15.1. The fourth-order valence-electron chi connectivity index (χ4n) is 3.32. The SMILES string of the molecule is CCN1CCN(c2ncnc(Nc3nc4ccc(C)cc4s3)c2[N+](=O)[O-])CC1. The van der Waals surface area contributed by atoms with Crippen molar-refractivity contribution in [2.45, 2.75) is 13.8 Å². The Labute approximate surface area is 166 Å². The predicted molar refractivity (Wildman–Crippen MR) is 111 cm³/mol. The van der Waals surface area contributed by atoms with Crippen LogP contribution in [-0.4, -0.2) is 57.5 Å². The van der Waals surface area contributed by atoms with E-state index in [9.17, 15) is 10.1 Å². The Morgan fingerprint density at radius 2 is 2.04 bits per heavy atom. The van der Waals surface area contributed by atoms with Crippen LogP contribution in [0.5, 0.6) is 0 Å². The second-order valence-electron chi connectivity index (χ2n) is 6.69. The monoisotopic (exact) mass is 399 g/mol. The van der Waals surface area contributed by atoms with Gasteiger partial charge in [0.2, 0.25) is 11.6 Å². The molecule has 9 nitrogen and oxygen atoms in total. The van der Waals surface area contributed by atoms with Crippen LogP contribution in [0.25, 0.3) is 10.2 Å². The number of nitro groups is 1. The number of hydrogen-bond donors (Lipinski definition) is 1. The van der Waals surface area contributed by atoms with Gasteiger partial charge in [-0.3, -0.25) is 10.1 Å². The summed E-state index contributed by atoms with van der Waals surface area (Å²) >= 11 is 1.45. The Bertz CT molecular complexity index is 1010. The molecule has 0 radical (unpaired) electrons. The number of likely N-dealkylation sites (N-methyl/N-ethyl adjacent to an activating group) is 1. The van der Waals surface area contributed by atoms with Gasteiger partial charge in [-0.2, -0.15) is 0 Å². The summed E-state index contributed by atoms with van der Waals surface area (Å²) in [4.78, 5) is 28.6. The van der Waals surface area contributed by atoms with Crippen LogP contribution in [0, 0.1) is 17.0 Å². The molecule has 0 aliphatic carbocycles. The van der Waals surface area contributed by atoms with Gasteiger partial charge in [-0.25, -0.2) is 15.0 Å². The van der Waals surface area contributed by atoms with E-state index in [0.717, 1.165) is 35.4 Å². The van der Waals surface area contributed by atoms with Crippen molar-refractivity contribution in [3.05, 3.63) is 40.2 Å². The van der Waals surface area contributed by atoms with Crippen LogP contribution in [0.4, 0.5) is 22.5 Å². The Hall–Kier alpha value is -2.85. The molecule has 2 aromatic heterocycles. The lowest BCUT2D eigenvalue weighted by molar-refractivity contribution is -0.383. The van der Waals surface area contributed by atoms with E-state index < -0.39 is 4.92 Å². The molecule has 0 spiro atoms. The van der Waals surface area contributed by atoms with Crippen LogP contribution in [0.1, 0.15) is 12.5 Å². The summed E-state index contributed by atoms with van der Waals surface area (Å²) < 4.78 is 1.02. The van der Waals surface area contributed by atoms with Crippen molar-refractivity contribution in [1.82, 2.24) is 19.9 Å². The maximum Gasteiger partial charge on any atom is 0.353 e. The van der Waals surface area contributed by atoms with Crippen molar-refractivity contribution in [2.24, 2.45) is 0 Å². The van der Waals surface area contributed by atoms with Gasteiger partial charge in [0, 0.05) is 26.2 Å². The Morgan fingerprint density at radius 1 is 1.25 bits per heavy atom. The predicted octanol–water partition coefficient (Wildman–Crippen LogP) is 3.19. The average molecular weight is 399 g/mol. The van der Waals surface area contributed by atoms with Crippen molar-refractivity contribution in [3.8, 4) is 0 Å². The molecule has 0 atom stereocenters. The first-order valence-corrected chi connectivity index (χ1v) is 9.97. The lowest BCUT2D eigenvalue weighted by Gasteiger charge is -2.34. The summed E-state index contributed by atoms with van der Waals surface area (Å²) in [5.41, 5.74) is 1.89. The molecule has 3 heterocycles. The molecular weight excluding hydrogens is 378 g/mol. The number of anilines is 3. The summed E-state index contributed by atoms with van der Waals surface area (Å²) in [5, 5.41) is 15.5. The molecule has 1 saturated heterocycles. The molecule has 1 N–H and O–H groups in total. The highest BCUT2D eigenvalue weighted by molar-refractivity contribution is 7.22. The summed E-state index contributed by atoms with van der Waals surface area (Å²) in [6.45, 7) is 8.23. The second kappa shape index (κ2) is 7.64. The molecule has 1 aliphatic rings. The van der Waals surface area contributed by atoms with Gasteiger partial charge in [-0.15, -0.1) is 0 Å². The minimum atomic E-state index is -0.415. The largest absolute Gasteiger partial charge is 0.353 e. The summed E-state index contributed by atoms with van der Waals surface area (Å²) in [7, 11) is 0. The van der Waals surface area contributed by atoms with Crippen LogP contribution >= 0.6 is 11.3 Å². The molecule has 3 aromatic rings. The van der Waals surface area contributed by atoms with Crippen molar-refractivity contribution in [1.29, 1.82) is 0 Å². The average Bonchev–Trinajstić information content (AvgIpc) is 3.09. The minimum Gasteiger partial charge on any atom is -0.348 e. The maximum atomic E-state index is 11.8. The lowest BCUT2D eigenvalue weighted by Crippen LogP contribution is -2.46. The summed E-state index contributed by atoms with van der Waals surface area (Å²) in [5.74, 6) is 0.527. The topological polar surface area (TPSA) is 100 Å². The number of thiazole rings is 1. The van der Waals surface area contributed by atoms with Crippen LogP contribution < -0.4 is 10.2 Å². The molecule has 1 aliphatic heterocycles. The first-order valence-electron chi connectivity index (χ1n) is 9.16. The van der Waals surface area contributed by atoms with Gasteiger partial charge in [0.05, 0.1) is 15.1 Å². The van der Waals surface area contributed by atoms with E-state index in [0.29, 0.717) is 24.0 Å². The van der Waals surface area contributed by atoms with Gasteiger partial charge in [0.1, 0.15) is 6.33 Å². The fraction of sp³-hybridized carbons (Fsp3) is 0.389. The van der Waals surface area contributed by atoms with Crippen LogP contribution in [0.3, 0.4) is 0 Å². The van der Waals surface area contributed by atoms with E-state index in [1.54, 1.807) is 0 Å². The van der Waals surface area contributed by atoms with Gasteiger partial charge < -0.3 is 15.1 Å². The number of aromatic nitrogens is 3. The zero-order valence-corrected chi connectivity index (χ0v) is 16.6. The number of benzene rings is 1. The van der Waals surface area contributed by atoms with E-state index in [1.807, 2.05) is 30.0 Å². The van der Waals surface area contributed by atoms with Crippen LogP contribution in [0.15, 0.2) is 24.5 Å². The third-order valence-corrected chi connectivity index (χ3v) is 5.81. The van der Waals surface area contributed by atoms with Crippen molar-refractivity contribution < 1.29 is 4.92 Å². The molecule has 0 unspecified atom stereocenters. The number of fused-ring (bicyclic) bond motifs is 1. The van der Waals surface area contributed by atoms with E-state index in [-0.39, 0.29) is 11.5 Å². The Kier molecular flexibility index (Phi) is 5.05. The molecular formula is C18H21N7O2S. The fourth-order valence-corrected chi connectivity index (χ4v) is 4.29. The summed E-state index contributed by atoms with van der Waals surface area (Å²) in [6, 6.07) is 5.98. The number of nitrogens with one attached hydrogen (secondary N) is 1. The van der Waals surface area contributed by atoms with E-state index in [2.05, 4.69) is 32.1 Å². The highest BCUT2D eigenvalue weighted by Crippen LogP contribution is 2.36. The zero-order chi connectivity index (χ0) is 19.7. The maximum absolute atomic E-state index is 11.8. The molecule has 0 amide bonds. The number of rotatable bonds is 5. The zero-order valence-electron chi connectivity index (χ0n) is 15.8. The Morgan fingerprint density at radius 3 is 2.75 bits per heavy atom. The number of aryl methyl sites for hydroxylation is 1. The van der Waals surface area contributed by atoms with Crippen LogP contribution in [0.2, 0.25) is 0 Å². The van der Waals surface area contributed by atoms with Crippen LogP contribution in [-0.2, 0) is 0 Å². The van der Waals surface area contributed by atoms with Crippen molar-refractivity contribution in [3.63, 3.8) is 0 Å². The standard InChI is InChI=1S/C18H21N7O2S/c1-3-23-6-8-24(9-7-23)17-15(25(26)27)16(19-11-20-17)22-18-21-13-5-4-12(2)10-14(13)28-18/h4-5,10-11H,3,6-9H2,1-2H3,(H,19,20,21,22). The molecule has 0 bridgehead atoms. The second-order valence-corrected chi connectivity index (χ2v) is 7.72. The molecule has 0 saturated carbocycles. The first kappa shape index (κ1) is 18.5. The van der Waals surface area contributed by atoms with E-state index >= 15 is 0 Å². The van der Waals surface area contributed by atoms with Gasteiger partial charge in [0.25, 0.3) is 0 Å². The van der Waals surface area contributed by atoms with Gasteiger partial charge >= 0.3 is 5.69 Å². The Balaban J connectivity index is 1.65. The highest BCUT2D eigenvalue weighted by atomic mass is 32.1.